The first kappa shape index (κ1) is 30.6. The highest BCUT2D eigenvalue weighted by molar-refractivity contribution is 5.77. The molecular formula is C22H40N6O7. The molecule has 35 heavy (non-hydrogen) atoms. The second-order valence-corrected chi connectivity index (χ2v) is 7.63. The normalized spacial score (nSPS) is 11.8. The molecule has 0 radical (unpaired) electrons. The van der Waals surface area contributed by atoms with Crippen molar-refractivity contribution in [3.63, 3.8) is 0 Å². The predicted octanol–water partition coefficient (Wildman–Crippen LogP) is -0.817. The van der Waals surface area contributed by atoms with E-state index >= 15 is 0 Å². The lowest BCUT2D eigenvalue weighted by Crippen LogP contribution is -2.31. The van der Waals surface area contributed by atoms with Gasteiger partial charge in [0.1, 0.15) is 12.9 Å². The summed E-state index contributed by atoms with van der Waals surface area (Å²) in [5, 5.41) is 13.4. The molecule has 1 atom stereocenters. The van der Waals surface area contributed by atoms with Gasteiger partial charge in [-0.2, -0.15) is 0 Å². The van der Waals surface area contributed by atoms with Crippen molar-refractivity contribution >= 4 is 18.1 Å². The molecule has 0 aromatic carbocycles. The van der Waals surface area contributed by atoms with E-state index in [2.05, 4.69) is 20.9 Å². The number of carbonyl (C=O) groups excluding carboxylic acids is 3. The number of nitrogens with one attached hydrogen (secondary N) is 2. The number of aromatic nitrogens is 3. The van der Waals surface area contributed by atoms with E-state index in [0.29, 0.717) is 78.7 Å². The van der Waals surface area contributed by atoms with Gasteiger partial charge in [-0.25, -0.2) is 4.68 Å². The number of hydrogen-bond acceptors (Lipinski definition) is 10. The molecule has 0 saturated carbocycles. The van der Waals surface area contributed by atoms with Gasteiger partial charge in [0.25, 0.3) is 0 Å². The van der Waals surface area contributed by atoms with Crippen molar-refractivity contribution in [2.24, 2.45) is 5.73 Å². The smallest absolute Gasteiger partial charge is 0.246 e. The van der Waals surface area contributed by atoms with Crippen LogP contribution in [0.25, 0.3) is 0 Å². The number of ether oxygens (including phenoxy) is 4. The van der Waals surface area contributed by atoms with Crippen LogP contribution in [-0.4, -0.2) is 98.5 Å². The van der Waals surface area contributed by atoms with Crippen molar-refractivity contribution < 1.29 is 33.3 Å². The summed E-state index contributed by atoms with van der Waals surface area (Å²) in [5.41, 5.74) is 6.45. The van der Waals surface area contributed by atoms with Gasteiger partial charge < -0.3 is 40.1 Å². The van der Waals surface area contributed by atoms with Crippen LogP contribution < -0.4 is 16.4 Å². The van der Waals surface area contributed by atoms with E-state index in [4.69, 9.17) is 24.7 Å². The van der Waals surface area contributed by atoms with Crippen LogP contribution in [-0.2, 0) is 46.5 Å². The van der Waals surface area contributed by atoms with E-state index in [-0.39, 0.29) is 18.4 Å². The van der Waals surface area contributed by atoms with Crippen LogP contribution in [0.1, 0.15) is 38.3 Å². The molecule has 0 fully saturated rings. The lowest BCUT2D eigenvalue weighted by atomic mass is 10.1. The number of nitrogens with two attached hydrogens (primary N) is 1. The fraction of sp³-hybridized carbons (Fsp3) is 0.773. The van der Waals surface area contributed by atoms with Gasteiger partial charge in [-0.15, -0.1) is 5.10 Å². The van der Waals surface area contributed by atoms with Crippen LogP contribution in [0.2, 0.25) is 0 Å². The quantitative estimate of drug-likeness (QED) is 0.127. The number of amides is 2. The third kappa shape index (κ3) is 16.8. The van der Waals surface area contributed by atoms with Gasteiger partial charge in [0.2, 0.25) is 11.8 Å². The summed E-state index contributed by atoms with van der Waals surface area (Å²) in [6, 6.07) is -0.404. The molecule has 0 spiro atoms. The summed E-state index contributed by atoms with van der Waals surface area (Å²) in [6.07, 6.45) is 5.22. The van der Waals surface area contributed by atoms with Crippen molar-refractivity contribution in [3.8, 4) is 0 Å². The van der Waals surface area contributed by atoms with Crippen LogP contribution in [0.3, 0.4) is 0 Å². The van der Waals surface area contributed by atoms with Gasteiger partial charge in [0, 0.05) is 26.1 Å². The molecule has 1 aromatic rings. The molecule has 1 aromatic heterocycles. The van der Waals surface area contributed by atoms with Gasteiger partial charge in [-0.05, 0) is 19.3 Å². The van der Waals surface area contributed by atoms with Crippen molar-refractivity contribution in [2.45, 2.75) is 51.8 Å². The maximum absolute atomic E-state index is 11.7. The Morgan fingerprint density at radius 3 is 2.34 bits per heavy atom. The summed E-state index contributed by atoms with van der Waals surface area (Å²) in [7, 11) is 0. The molecule has 0 aliphatic rings. The van der Waals surface area contributed by atoms with Crippen molar-refractivity contribution in [3.05, 3.63) is 11.9 Å². The summed E-state index contributed by atoms with van der Waals surface area (Å²) < 4.78 is 23.3. The molecule has 4 N–H and O–H groups in total. The zero-order valence-corrected chi connectivity index (χ0v) is 20.6. The summed E-state index contributed by atoms with van der Waals surface area (Å²) >= 11 is 0. The Hall–Kier alpha value is -2.45. The lowest BCUT2D eigenvalue weighted by Gasteiger charge is -2.09. The monoisotopic (exact) mass is 500 g/mol. The minimum atomic E-state index is -0.404. The molecule has 1 heterocycles. The maximum Gasteiger partial charge on any atom is 0.246 e. The number of hydrogen-bond donors (Lipinski definition) is 3. The lowest BCUT2D eigenvalue weighted by molar-refractivity contribution is -0.126. The average molecular weight is 501 g/mol. The largest absolute Gasteiger partial charge is 0.377 e. The topological polar surface area (TPSA) is 169 Å². The standard InChI is InChI=1S/C22H40N6O7/c1-2-21(30)24-6-9-32-12-14-35-18-22(31)25-7-10-33-11-13-34-17-20-15-26-27-28(20)8-4-3-5-19(23)16-29/h15-16,19H,2-14,17-18,23H2,1H3,(H,24,30)(H,25,31)/t19-/m0/s1. The molecule has 13 heteroatoms. The number of carbonyl (C=O) groups is 3. The van der Waals surface area contributed by atoms with Crippen LogP contribution in [0.4, 0.5) is 0 Å². The number of aldehydes is 1. The van der Waals surface area contributed by atoms with Gasteiger partial charge in [0.05, 0.1) is 64.2 Å². The molecule has 0 unspecified atom stereocenters. The zero-order chi connectivity index (χ0) is 25.6. The summed E-state index contributed by atoms with van der Waals surface area (Å²) in [6.45, 7) is 5.85. The fourth-order valence-electron chi connectivity index (χ4n) is 2.77. The molecule has 1 rings (SSSR count). The highest BCUT2D eigenvalue weighted by atomic mass is 16.5. The van der Waals surface area contributed by atoms with Crippen molar-refractivity contribution in [1.82, 2.24) is 25.6 Å². The van der Waals surface area contributed by atoms with Crippen LogP contribution in [0.15, 0.2) is 6.20 Å². The first-order valence-corrected chi connectivity index (χ1v) is 12.0. The maximum atomic E-state index is 11.7. The van der Waals surface area contributed by atoms with E-state index in [9.17, 15) is 14.4 Å². The number of aryl methyl sites for hydroxylation is 1. The predicted molar refractivity (Wildman–Crippen MR) is 126 cm³/mol. The molecule has 13 nitrogen and oxygen atoms in total. The highest BCUT2D eigenvalue weighted by Crippen LogP contribution is 2.04. The Bertz CT molecular complexity index is 704. The molecule has 0 aliphatic heterocycles. The SMILES string of the molecule is CCC(=O)NCCOCCOCC(=O)NCCOCCOCc1cnnn1CCCC[C@H](N)C=O. The Labute approximate surface area is 206 Å². The van der Waals surface area contributed by atoms with E-state index in [1.807, 2.05) is 0 Å². The number of nitrogens with zero attached hydrogens (tertiary/aromatic N) is 3. The zero-order valence-electron chi connectivity index (χ0n) is 20.6. The number of rotatable bonds is 23. The third-order valence-electron chi connectivity index (χ3n) is 4.72. The first-order chi connectivity index (χ1) is 17.1. The highest BCUT2D eigenvalue weighted by Gasteiger charge is 2.06. The second kappa shape index (κ2) is 20.9. The third-order valence-corrected chi connectivity index (χ3v) is 4.72. The van der Waals surface area contributed by atoms with Crippen LogP contribution in [0.5, 0.6) is 0 Å². The van der Waals surface area contributed by atoms with Gasteiger partial charge in [0.15, 0.2) is 0 Å². The first-order valence-electron chi connectivity index (χ1n) is 12.0. The molecule has 0 bridgehead atoms. The molecule has 0 saturated heterocycles. The van der Waals surface area contributed by atoms with Gasteiger partial charge in [-0.1, -0.05) is 12.1 Å². The molecular weight excluding hydrogens is 460 g/mol. The summed E-state index contributed by atoms with van der Waals surface area (Å²) in [5.74, 6) is -0.241. The van der Waals surface area contributed by atoms with Gasteiger partial charge in [-0.3, -0.25) is 9.59 Å². The van der Waals surface area contributed by atoms with Crippen molar-refractivity contribution in [2.75, 3.05) is 59.3 Å². The molecule has 0 aliphatic carbocycles. The fourth-order valence-corrected chi connectivity index (χ4v) is 2.77. The van der Waals surface area contributed by atoms with E-state index < -0.39 is 6.04 Å². The second-order valence-electron chi connectivity index (χ2n) is 7.63. The molecule has 2 amide bonds. The molecule has 200 valence electrons. The Balaban J connectivity index is 1.91. The summed E-state index contributed by atoms with van der Waals surface area (Å²) in [4.78, 5) is 33.3. The Morgan fingerprint density at radius 1 is 1.00 bits per heavy atom. The van der Waals surface area contributed by atoms with Crippen LogP contribution in [0, 0.1) is 0 Å². The van der Waals surface area contributed by atoms with Crippen molar-refractivity contribution in [1.29, 1.82) is 0 Å². The number of unbranched alkanes of at least 4 members (excludes halogenated alkanes) is 1. The Kier molecular flexibility index (Phi) is 18.2. The van der Waals surface area contributed by atoms with E-state index in [1.54, 1.807) is 17.8 Å². The average Bonchev–Trinajstić information content (AvgIpc) is 3.31. The van der Waals surface area contributed by atoms with E-state index in [1.165, 1.54) is 0 Å². The minimum absolute atomic E-state index is 0.0131. The minimum Gasteiger partial charge on any atom is -0.377 e. The van der Waals surface area contributed by atoms with Crippen LogP contribution >= 0.6 is 0 Å². The Morgan fingerprint density at radius 2 is 1.66 bits per heavy atom. The van der Waals surface area contributed by atoms with Gasteiger partial charge >= 0.3 is 0 Å². The van der Waals surface area contributed by atoms with E-state index in [0.717, 1.165) is 24.8 Å².